The van der Waals surface area contributed by atoms with Gasteiger partial charge in [-0.3, -0.25) is 0 Å². The van der Waals surface area contributed by atoms with Crippen LogP contribution in [0.1, 0.15) is 26.3 Å². The Bertz CT molecular complexity index is 667. The minimum atomic E-state index is -3.46. The van der Waals surface area contributed by atoms with E-state index < -0.39 is 15.6 Å². The summed E-state index contributed by atoms with van der Waals surface area (Å²) < 4.78 is 28.9. The zero-order valence-corrected chi connectivity index (χ0v) is 12.8. The second kappa shape index (κ2) is 5.42. The Labute approximate surface area is 120 Å². The van der Waals surface area contributed by atoms with E-state index in [2.05, 4.69) is 4.72 Å². The molecule has 0 aliphatic carbocycles. The summed E-state index contributed by atoms with van der Waals surface area (Å²) in [4.78, 5) is 0.295. The van der Waals surface area contributed by atoms with Crippen molar-refractivity contribution in [3.05, 3.63) is 54.4 Å². The Morgan fingerprint density at radius 1 is 1.10 bits per heavy atom. The summed E-state index contributed by atoms with van der Waals surface area (Å²) in [6.45, 7) is 6.13. The number of rotatable bonds is 4. The summed E-state index contributed by atoms with van der Waals surface area (Å²) in [6, 6.07) is 11.6. The smallest absolute Gasteiger partial charge is 0.242 e. The monoisotopic (exact) mass is 292 g/mol. The molecule has 108 valence electrons. The molecule has 1 heterocycles. The predicted octanol–water partition coefficient (Wildman–Crippen LogP) is 2.61. The predicted molar refractivity (Wildman–Crippen MR) is 80.1 cm³/mol. The van der Waals surface area contributed by atoms with Crippen LogP contribution in [-0.4, -0.2) is 18.5 Å². The molecule has 5 heteroatoms. The van der Waals surface area contributed by atoms with Crippen LogP contribution in [0, 0.1) is 0 Å². The highest BCUT2D eigenvalue weighted by Crippen LogP contribution is 2.14. The molecule has 4 nitrogen and oxygen atoms in total. The summed E-state index contributed by atoms with van der Waals surface area (Å²) in [5.41, 5.74) is 0.649. The van der Waals surface area contributed by atoms with Crippen LogP contribution >= 0.6 is 0 Å². The van der Waals surface area contributed by atoms with E-state index in [-0.39, 0.29) is 0 Å². The third kappa shape index (κ3) is 3.95. The van der Waals surface area contributed by atoms with Gasteiger partial charge in [-0.2, -0.15) is 0 Å². The fourth-order valence-corrected chi connectivity index (χ4v) is 3.37. The maximum Gasteiger partial charge on any atom is 0.242 e. The first-order valence-electron chi connectivity index (χ1n) is 6.50. The van der Waals surface area contributed by atoms with Gasteiger partial charge in [0, 0.05) is 24.5 Å². The lowest BCUT2D eigenvalue weighted by Gasteiger charge is -2.19. The first kappa shape index (κ1) is 14.8. The molecule has 20 heavy (non-hydrogen) atoms. The minimum absolute atomic E-state index is 0.295. The summed E-state index contributed by atoms with van der Waals surface area (Å²) >= 11 is 0. The topological polar surface area (TPSA) is 51.1 Å². The van der Waals surface area contributed by atoms with Crippen molar-refractivity contribution in [2.24, 2.45) is 0 Å². The molecule has 1 N–H and O–H groups in total. The van der Waals surface area contributed by atoms with Gasteiger partial charge in [0.05, 0.1) is 4.90 Å². The van der Waals surface area contributed by atoms with Gasteiger partial charge in [0.25, 0.3) is 0 Å². The van der Waals surface area contributed by atoms with Crippen molar-refractivity contribution < 1.29 is 8.42 Å². The Kier molecular flexibility index (Phi) is 4.01. The molecular weight excluding hydrogens is 272 g/mol. The summed E-state index contributed by atoms with van der Waals surface area (Å²) in [6.07, 6.45) is 3.44. The lowest BCUT2D eigenvalue weighted by atomic mass is 10.1. The maximum absolute atomic E-state index is 12.2. The molecule has 0 amide bonds. The molecule has 0 fully saturated rings. The van der Waals surface area contributed by atoms with E-state index in [1.807, 2.05) is 55.7 Å². The number of aromatic nitrogens is 1. The van der Waals surface area contributed by atoms with E-state index in [4.69, 9.17) is 0 Å². The first-order chi connectivity index (χ1) is 9.26. The molecule has 0 bridgehead atoms. The fraction of sp³-hybridized carbons (Fsp3) is 0.333. The van der Waals surface area contributed by atoms with E-state index >= 15 is 0 Å². The van der Waals surface area contributed by atoms with E-state index in [1.165, 1.54) is 0 Å². The molecular formula is C15H20N2O2S. The third-order valence-electron chi connectivity index (χ3n) is 2.68. The minimum Gasteiger partial charge on any atom is -0.349 e. The standard InChI is InChI=1S/C15H20N2O2S/c1-15(2,3)16-20(18,19)14-9-10-17(12-14)11-13-7-5-4-6-8-13/h4-10,12,16H,11H2,1-3H3. The number of nitrogens with zero attached hydrogens (tertiary/aromatic N) is 1. The van der Waals surface area contributed by atoms with E-state index in [0.29, 0.717) is 11.4 Å². The highest BCUT2D eigenvalue weighted by Gasteiger charge is 2.22. The van der Waals surface area contributed by atoms with Crippen LogP contribution in [0.3, 0.4) is 0 Å². The SMILES string of the molecule is CC(C)(C)NS(=O)(=O)c1ccn(Cc2ccccc2)c1. The lowest BCUT2D eigenvalue weighted by molar-refractivity contribution is 0.491. The number of nitrogens with one attached hydrogen (secondary N) is 1. The average Bonchev–Trinajstić information content (AvgIpc) is 2.76. The molecule has 0 atom stereocenters. The maximum atomic E-state index is 12.2. The van der Waals surface area contributed by atoms with Crippen molar-refractivity contribution >= 4 is 10.0 Å². The molecule has 0 unspecified atom stereocenters. The van der Waals surface area contributed by atoms with Crippen LogP contribution in [0.5, 0.6) is 0 Å². The van der Waals surface area contributed by atoms with Gasteiger partial charge < -0.3 is 4.57 Å². The first-order valence-corrected chi connectivity index (χ1v) is 7.98. The molecule has 2 aromatic rings. The molecule has 2 rings (SSSR count). The summed E-state index contributed by atoms with van der Waals surface area (Å²) in [5.74, 6) is 0. The largest absolute Gasteiger partial charge is 0.349 e. The lowest BCUT2D eigenvalue weighted by Crippen LogP contribution is -2.40. The normalized spacial score (nSPS) is 12.6. The van der Waals surface area contributed by atoms with Crippen molar-refractivity contribution in [3.8, 4) is 0 Å². The Balaban J connectivity index is 2.17. The quantitative estimate of drug-likeness (QED) is 0.941. The van der Waals surface area contributed by atoms with Crippen LogP contribution < -0.4 is 4.72 Å². The molecule has 0 radical (unpaired) electrons. The molecule has 1 aromatic heterocycles. The van der Waals surface area contributed by atoms with Crippen LogP contribution in [-0.2, 0) is 16.6 Å². The zero-order chi connectivity index (χ0) is 14.8. The van der Waals surface area contributed by atoms with Crippen molar-refractivity contribution in [2.75, 3.05) is 0 Å². The summed E-state index contributed by atoms with van der Waals surface area (Å²) in [5, 5.41) is 0. The molecule has 0 saturated carbocycles. The Morgan fingerprint density at radius 2 is 1.75 bits per heavy atom. The average molecular weight is 292 g/mol. The number of hydrogen-bond donors (Lipinski definition) is 1. The number of benzene rings is 1. The van der Waals surface area contributed by atoms with Gasteiger partial charge >= 0.3 is 0 Å². The van der Waals surface area contributed by atoms with Crippen LogP contribution in [0.15, 0.2) is 53.7 Å². The third-order valence-corrected chi connectivity index (χ3v) is 4.43. The number of sulfonamides is 1. The highest BCUT2D eigenvalue weighted by molar-refractivity contribution is 7.89. The van der Waals surface area contributed by atoms with Crippen LogP contribution in [0.25, 0.3) is 0 Å². The van der Waals surface area contributed by atoms with Gasteiger partial charge in [0.1, 0.15) is 0 Å². The van der Waals surface area contributed by atoms with Gasteiger partial charge in [-0.25, -0.2) is 13.1 Å². The van der Waals surface area contributed by atoms with Gasteiger partial charge in [0.2, 0.25) is 10.0 Å². The van der Waals surface area contributed by atoms with Crippen molar-refractivity contribution in [1.82, 2.24) is 9.29 Å². The van der Waals surface area contributed by atoms with Gasteiger partial charge in [-0.1, -0.05) is 30.3 Å². The highest BCUT2D eigenvalue weighted by atomic mass is 32.2. The molecule has 0 saturated heterocycles. The van der Waals surface area contributed by atoms with Crippen molar-refractivity contribution in [3.63, 3.8) is 0 Å². The number of hydrogen-bond acceptors (Lipinski definition) is 2. The van der Waals surface area contributed by atoms with Gasteiger partial charge in [0.15, 0.2) is 0 Å². The summed E-state index contributed by atoms with van der Waals surface area (Å²) in [7, 11) is -3.46. The van der Waals surface area contributed by atoms with Crippen molar-refractivity contribution in [1.29, 1.82) is 0 Å². The van der Waals surface area contributed by atoms with Crippen LogP contribution in [0.2, 0.25) is 0 Å². The van der Waals surface area contributed by atoms with Gasteiger partial charge in [-0.05, 0) is 32.4 Å². The zero-order valence-electron chi connectivity index (χ0n) is 12.0. The molecule has 0 aliphatic rings. The van der Waals surface area contributed by atoms with Gasteiger partial charge in [-0.15, -0.1) is 0 Å². The molecule has 0 aliphatic heterocycles. The van der Waals surface area contributed by atoms with Crippen LogP contribution in [0.4, 0.5) is 0 Å². The molecule has 1 aromatic carbocycles. The van der Waals surface area contributed by atoms with Crippen molar-refractivity contribution in [2.45, 2.75) is 37.8 Å². The van der Waals surface area contributed by atoms with E-state index in [9.17, 15) is 8.42 Å². The molecule has 0 spiro atoms. The second-order valence-corrected chi connectivity index (χ2v) is 7.54. The Hall–Kier alpha value is -1.59. The second-order valence-electron chi connectivity index (χ2n) is 5.86. The Morgan fingerprint density at radius 3 is 2.35 bits per heavy atom. The van der Waals surface area contributed by atoms with E-state index in [0.717, 1.165) is 5.56 Å². The fourth-order valence-electron chi connectivity index (χ4n) is 1.93. The van der Waals surface area contributed by atoms with E-state index in [1.54, 1.807) is 18.5 Å².